The fourth-order valence-electron chi connectivity index (χ4n) is 1.93. The molecule has 0 fully saturated rings. The number of ether oxygens (including phenoxy) is 1. The molecule has 0 amide bonds. The Balaban J connectivity index is 2.00. The Morgan fingerprint density at radius 1 is 1.14 bits per heavy atom. The SMILES string of the molecule is CCNCc1ccccc1OCc1ccc([N+](=O)[O-])cc1. The van der Waals surface area contributed by atoms with Crippen LogP contribution in [-0.4, -0.2) is 11.5 Å². The average Bonchev–Trinajstić information content (AvgIpc) is 2.52. The Morgan fingerprint density at radius 3 is 2.52 bits per heavy atom. The Morgan fingerprint density at radius 2 is 1.86 bits per heavy atom. The second-order valence-corrected chi connectivity index (χ2v) is 4.60. The van der Waals surface area contributed by atoms with E-state index >= 15 is 0 Å². The summed E-state index contributed by atoms with van der Waals surface area (Å²) in [6.07, 6.45) is 0. The van der Waals surface area contributed by atoms with Crippen molar-refractivity contribution in [3.8, 4) is 5.75 Å². The summed E-state index contributed by atoms with van der Waals surface area (Å²) < 4.78 is 5.81. The third-order valence-corrected chi connectivity index (χ3v) is 3.08. The van der Waals surface area contributed by atoms with E-state index in [-0.39, 0.29) is 5.69 Å². The van der Waals surface area contributed by atoms with Gasteiger partial charge in [-0.3, -0.25) is 10.1 Å². The molecule has 0 aliphatic heterocycles. The molecule has 0 atom stereocenters. The standard InChI is InChI=1S/C16H18N2O3/c1-2-17-11-14-5-3-4-6-16(14)21-12-13-7-9-15(10-8-13)18(19)20/h3-10,17H,2,11-12H2,1H3. The number of hydrogen-bond donors (Lipinski definition) is 1. The van der Waals surface area contributed by atoms with Crippen LogP contribution in [0.25, 0.3) is 0 Å². The molecule has 0 bridgehead atoms. The number of rotatable bonds is 7. The first-order valence-corrected chi connectivity index (χ1v) is 6.85. The Hall–Kier alpha value is -2.40. The van der Waals surface area contributed by atoms with Gasteiger partial charge in [0.2, 0.25) is 0 Å². The number of nitrogens with zero attached hydrogens (tertiary/aromatic N) is 1. The highest BCUT2D eigenvalue weighted by atomic mass is 16.6. The highest BCUT2D eigenvalue weighted by Crippen LogP contribution is 2.20. The summed E-state index contributed by atoms with van der Waals surface area (Å²) in [5.74, 6) is 0.830. The van der Waals surface area contributed by atoms with Gasteiger partial charge in [0.05, 0.1) is 4.92 Å². The number of nitro groups is 1. The Kier molecular flexibility index (Phi) is 5.29. The van der Waals surface area contributed by atoms with Gasteiger partial charge < -0.3 is 10.1 Å². The minimum atomic E-state index is -0.406. The van der Waals surface area contributed by atoms with E-state index < -0.39 is 4.92 Å². The molecule has 0 unspecified atom stereocenters. The van der Waals surface area contributed by atoms with Crippen molar-refractivity contribution in [2.75, 3.05) is 6.54 Å². The number of para-hydroxylation sites is 1. The topological polar surface area (TPSA) is 64.4 Å². The van der Waals surface area contributed by atoms with Gasteiger partial charge in [-0.2, -0.15) is 0 Å². The third kappa shape index (κ3) is 4.29. The summed E-state index contributed by atoms with van der Waals surface area (Å²) in [6, 6.07) is 14.3. The largest absolute Gasteiger partial charge is 0.489 e. The molecule has 0 spiro atoms. The predicted octanol–water partition coefficient (Wildman–Crippen LogP) is 3.28. The molecule has 0 radical (unpaired) electrons. The lowest BCUT2D eigenvalue weighted by molar-refractivity contribution is -0.384. The lowest BCUT2D eigenvalue weighted by Crippen LogP contribution is -2.12. The molecule has 0 aromatic heterocycles. The summed E-state index contributed by atoms with van der Waals surface area (Å²) >= 11 is 0. The van der Waals surface area contributed by atoms with Gasteiger partial charge in [0.15, 0.2) is 0 Å². The molecular weight excluding hydrogens is 268 g/mol. The van der Waals surface area contributed by atoms with Crippen LogP contribution in [-0.2, 0) is 13.2 Å². The van der Waals surface area contributed by atoms with E-state index in [0.717, 1.165) is 30.0 Å². The number of benzene rings is 2. The molecule has 2 aromatic rings. The van der Waals surface area contributed by atoms with Gasteiger partial charge >= 0.3 is 0 Å². The molecule has 1 N–H and O–H groups in total. The van der Waals surface area contributed by atoms with E-state index in [1.807, 2.05) is 24.3 Å². The zero-order chi connectivity index (χ0) is 15.1. The maximum Gasteiger partial charge on any atom is 0.269 e. The van der Waals surface area contributed by atoms with Crippen LogP contribution in [0.15, 0.2) is 48.5 Å². The molecular formula is C16H18N2O3. The van der Waals surface area contributed by atoms with Crippen molar-refractivity contribution in [1.29, 1.82) is 0 Å². The van der Waals surface area contributed by atoms with Crippen LogP contribution in [0.4, 0.5) is 5.69 Å². The van der Waals surface area contributed by atoms with Crippen LogP contribution in [0, 0.1) is 10.1 Å². The van der Waals surface area contributed by atoms with Gasteiger partial charge in [0, 0.05) is 24.2 Å². The number of hydrogen-bond acceptors (Lipinski definition) is 4. The first kappa shape index (κ1) is 15.0. The zero-order valence-corrected chi connectivity index (χ0v) is 11.9. The molecule has 110 valence electrons. The summed E-state index contributed by atoms with van der Waals surface area (Å²) in [7, 11) is 0. The Bertz CT molecular complexity index is 597. The summed E-state index contributed by atoms with van der Waals surface area (Å²) in [5, 5.41) is 13.9. The quantitative estimate of drug-likeness (QED) is 0.626. The highest BCUT2D eigenvalue weighted by Gasteiger charge is 2.06. The lowest BCUT2D eigenvalue weighted by atomic mass is 10.2. The van der Waals surface area contributed by atoms with E-state index in [1.54, 1.807) is 12.1 Å². The first-order valence-electron chi connectivity index (χ1n) is 6.85. The van der Waals surface area contributed by atoms with Crippen LogP contribution >= 0.6 is 0 Å². The van der Waals surface area contributed by atoms with E-state index in [9.17, 15) is 10.1 Å². The molecule has 0 aliphatic carbocycles. The van der Waals surface area contributed by atoms with Crippen LogP contribution in [0.3, 0.4) is 0 Å². The first-order chi connectivity index (χ1) is 10.2. The van der Waals surface area contributed by atoms with Crippen LogP contribution < -0.4 is 10.1 Å². The van der Waals surface area contributed by atoms with Gasteiger partial charge in [0.25, 0.3) is 5.69 Å². The van der Waals surface area contributed by atoms with Gasteiger partial charge in [0.1, 0.15) is 12.4 Å². The van der Waals surface area contributed by atoms with E-state index in [0.29, 0.717) is 6.61 Å². The molecule has 21 heavy (non-hydrogen) atoms. The molecule has 0 saturated carbocycles. The third-order valence-electron chi connectivity index (χ3n) is 3.08. The number of nitro benzene ring substituents is 1. The van der Waals surface area contributed by atoms with Crippen molar-refractivity contribution in [3.63, 3.8) is 0 Å². The minimum Gasteiger partial charge on any atom is -0.489 e. The minimum absolute atomic E-state index is 0.0892. The average molecular weight is 286 g/mol. The van der Waals surface area contributed by atoms with Crippen LogP contribution in [0.1, 0.15) is 18.1 Å². The predicted molar refractivity (Wildman–Crippen MR) is 81.3 cm³/mol. The van der Waals surface area contributed by atoms with E-state index in [1.165, 1.54) is 12.1 Å². The molecule has 5 heteroatoms. The summed E-state index contributed by atoms with van der Waals surface area (Å²) in [6.45, 7) is 4.10. The normalized spacial score (nSPS) is 10.3. The molecule has 0 aliphatic rings. The van der Waals surface area contributed by atoms with Crippen molar-refractivity contribution in [2.24, 2.45) is 0 Å². The fraction of sp³-hybridized carbons (Fsp3) is 0.250. The van der Waals surface area contributed by atoms with Gasteiger partial charge in [-0.15, -0.1) is 0 Å². The van der Waals surface area contributed by atoms with Gasteiger partial charge in [-0.05, 0) is 30.3 Å². The number of non-ortho nitro benzene ring substituents is 1. The fourth-order valence-corrected chi connectivity index (χ4v) is 1.93. The maximum absolute atomic E-state index is 10.6. The van der Waals surface area contributed by atoms with Crippen molar-refractivity contribution in [2.45, 2.75) is 20.1 Å². The molecule has 0 saturated heterocycles. The van der Waals surface area contributed by atoms with Crippen molar-refractivity contribution < 1.29 is 9.66 Å². The molecule has 2 aromatic carbocycles. The molecule has 5 nitrogen and oxygen atoms in total. The monoisotopic (exact) mass is 286 g/mol. The Labute approximate surface area is 123 Å². The molecule has 2 rings (SSSR count). The maximum atomic E-state index is 10.6. The second kappa shape index (κ2) is 7.40. The van der Waals surface area contributed by atoms with Gasteiger partial charge in [-0.1, -0.05) is 25.1 Å². The zero-order valence-electron chi connectivity index (χ0n) is 11.9. The smallest absolute Gasteiger partial charge is 0.269 e. The van der Waals surface area contributed by atoms with Crippen LogP contribution in [0.5, 0.6) is 5.75 Å². The van der Waals surface area contributed by atoms with Crippen molar-refractivity contribution in [1.82, 2.24) is 5.32 Å². The molecule has 0 heterocycles. The highest BCUT2D eigenvalue weighted by molar-refractivity contribution is 5.35. The van der Waals surface area contributed by atoms with E-state index in [4.69, 9.17) is 4.74 Å². The lowest BCUT2D eigenvalue weighted by Gasteiger charge is -2.11. The second-order valence-electron chi connectivity index (χ2n) is 4.60. The van der Waals surface area contributed by atoms with Crippen LogP contribution in [0.2, 0.25) is 0 Å². The number of nitrogens with one attached hydrogen (secondary N) is 1. The van der Waals surface area contributed by atoms with Gasteiger partial charge in [-0.25, -0.2) is 0 Å². The summed E-state index contributed by atoms with van der Waals surface area (Å²) in [4.78, 5) is 10.2. The van der Waals surface area contributed by atoms with Crippen molar-refractivity contribution >= 4 is 5.69 Å². The van der Waals surface area contributed by atoms with E-state index in [2.05, 4.69) is 12.2 Å². The van der Waals surface area contributed by atoms with Crippen molar-refractivity contribution in [3.05, 3.63) is 69.8 Å². The summed E-state index contributed by atoms with van der Waals surface area (Å²) in [5.41, 5.74) is 2.09.